The minimum atomic E-state index is -3.29. The van der Waals surface area contributed by atoms with Gasteiger partial charge in [0.25, 0.3) is 5.91 Å². The minimum Gasteiger partial charge on any atom is -0.337 e. The zero-order chi connectivity index (χ0) is 20.3. The summed E-state index contributed by atoms with van der Waals surface area (Å²) >= 11 is 0. The quantitative estimate of drug-likeness (QED) is 0.762. The monoisotopic (exact) mass is 400 g/mol. The first-order valence-electron chi connectivity index (χ1n) is 9.73. The maximum atomic E-state index is 12.9. The molecule has 0 bridgehead atoms. The van der Waals surface area contributed by atoms with Crippen molar-refractivity contribution in [2.24, 2.45) is 0 Å². The van der Waals surface area contributed by atoms with Crippen molar-refractivity contribution in [3.8, 4) is 0 Å². The summed E-state index contributed by atoms with van der Waals surface area (Å²) in [5, 5.41) is 0. The van der Waals surface area contributed by atoms with E-state index in [9.17, 15) is 13.2 Å². The van der Waals surface area contributed by atoms with Gasteiger partial charge in [-0.25, -0.2) is 8.42 Å². The second-order valence-corrected chi connectivity index (χ2v) is 9.72. The highest BCUT2D eigenvalue weighted by atomic mass is 32.2. The van der Waals surface area contributed by atoms with Crippen LogP contribution in [0.15, 0.2) is 48.5 Å². The van der Waals surface area contributed by atoms with Crippen molar-refractivity contribution in [2.75, 3.05) is 23.7 Å². The lowest BCUT2D eigenvalue weighted by molar-refractivity contribution is 0.0785. The van der Waals surface area contributed by atoms with E-state index in [-0.39, 0.29) is 11.7 Å². The number of amides is 1. The maximum absolute atomic E-state index is 12.9. The fourth-order valence-corrected chi connectivity index (χ4v) is 5.08. The van der Waals surface area contributed by atoms with Crippen LogP contribution in [0.1, 0.15) is 54.1 Å². The molecule has 2 aromatic carbocycles. The number of benzene rings is 2. The highest BCUT2D eigenvalue weighted by Crippen LogP contribution is 2.25. The van der Waals surface area contributed by atoms with Gasteiger partial charge in [0, 0.05) is 25.7 Å². The van der Waals surface area contributed by atoms with Gasteiger partial charge in [0.2, 0.25) is 10.0 Å². The summed E-state index contributed by atoms with van der Waals surface area (Å²) in [4.78, 5) is 14.5. The highest BCUT2D eigenvalue weighted by molar-refractivity contribution is 7.92. The van der Waals surface area contributed by atoms with Crippen molar-refractivity contribution in [2.45, 2.75) is 39.2 Å². The van der Waals surface area contributed by atoms with Gasteiger partial charge >= 0.3 is 0 Å². The number of carbonyl (C=O) groups excluding carboxylic acids is 1. The van der Waals surface area contributed by atoms with Gasteiger partial charge in [0.15, 0.2) is 0 Å². The van der Waals surface area contributed by atoms with E-state index in [0.29, 0.717) is 36.7 Å². The SMILES string of the molecule is CC(C)c1ccc(CN(C)C(=O)c2cccc(N3CCCCS3(=O)=O)c2)cc1. The Hall–Kier alpha value is -2.34. The molecule has 3 rings (SSSR count). The first kappa shape index (κ1) is 20.4. The normalized spacial score (nSPS) is 16.2. The molecule has 0 atom stereocenters. The Morgan fingerprint density at radius 3 is 2.46 bits per heavy atom. The number of sulfonamides is 1. The molecular weight excluding hydrogens is 372 g/mol. The van der Waals surface area contributed by atoms with Crippen LogP contribution in [-0.4, -0.2) is 38.6 Å². The molecular formula is C22H28N2O3S. The molecule has 0 saturated carbocycles. The molecule has 6 heteroatoms. The molecule has 0 spiro atoms. The van der Waals surface area contributed by atoms with Crippen LogP contribution in [0.4, 0.5) is 5.69 Å². The van der Waals surface area contributed by atoms with Crippen LogP contribution in [0.3, 0.4) is 0 Å². The van der Waals surface area contributed by atoms with Gasteiger partial charge in [-0.05, 0) is 48.1 Å². The lowest BCUT2D eigenvalue weighted by Crippen LogP contribution is -2.38. The van der Waals surface area contributed by atoms with Crippen molar-refractivity contribution in [1.82, 2.24) is 4.90 Å². The van der Waals surface area contributed by atoms with E-state index in [1.807, 2.05) is 0 Å². The molecule has 28 heavy (non-hydrogen) atoms. The molecule has 0 aromatic heterocycles. The topological polar surface area (TPSA) is 57.7 Å². The number of hydrogen-bond acceptors (Lipinski definition) is 3. The molecule has 1 amide bonds. The van der Waals surface area contributed by atoms with Gasteiger partial charge in [-0.15, -0.1) is 0 Å². The summed E-state index contributed by atoms with van der Waals surface area (Å²) in [7, 11) is -1.52. The van der Waals surface area contributed by atoms with Crippen LogP contribution in [0.25, 0.3) is 0 Å². The van der Waals surface area contributed by atoms with Gasteiger partial charge in [-0.2, -0.15) is 0 Å². The van der Waals surface area contributed by atoms with Crippen molar-refractivity contribution in [3.63, 3.8) is 0 Å². The number of carbonyl (C=O) groups is 1. The van der Waals surface area contributed by atoms with Crippen LogP contribution in [0, 0.1) is 0 Å². The van der Waals surface area contributed by atoms with Crippen molar-refractivity contribution < 1.29 is 13.2 Å². The third kappa shape index (κ3) is 4.55. The molecule has 1 aliphatic rings. The van der Waals surface area contributed by atoms with Crippen molar-refractivity contribution in [1.29, 1.82) is 0 Å². The van der Waals surface area contributed by atoms with Crippen molar-refractivity contribution >= 4 is 21.6 Å². The Labute approximate surface area is 168 Å². The molecule has 0 aliphatic carbocycles. The standard InChI is InChI=1S/C22H28N2O3S/c1-17(2)19-11-9-18(10-12-19)16-23(3)22(25)20-7-6-8-21(15-20)24-13-4-5-14-28(24,26)27/h6-12,15,17H,4-5,13-14,16H2,1-3H3. The van der Waals surface area contributed by atoms with Gasteiger partial charge in [-0.1, -0.05) is 44.2 Å². The second-order valence-electron chi connectivity index (χ2n) is 7.70. The Kier molecular flexibility index (Phi) is 6.08. The van der Waals surface area contributed by atoms with E-state index in [0.717, 1.165) is 12.0 Å². The van der Waals surface area contributed by atoms with E-state index in [4.69, 9.17) is 0 Å². The van der Waals surface area contributed by atoms with Gasteiger partial charge < -0.3 is 4.90 Å². The Morgan fingerprint density at radius 1 is 1.11 bits per heavy atom. The third-order valence-corrected chi connectivity index (χ3v) is 7.01. The Balaban J connectivity index is 1.75. The fraction of sp³-hybridized carbons (Fsp3) is 0.409. The van der Waals surface area contributed by atoms with Gasteiger partial charge in [0.05, 0.1) is 11.4 Å². The molecule has 150 valence electrons. The van der Waals surface area contributed by atoms with Crippen LogP contribution >= 0.6 is 0 Å². The molecule has 1 heterocycles. The van der Waals surface area contributed by atoms with Gasteiger partial charge in [-0.3, -0.25) is 9.10 Å². The van der Waals surface area contributed by atoms with E-state index < -0.39 is 10.0 Å². The lowest BCUT2D eigenvalue weighted by Gasteiger charge is -2.28. The first-order chi connectivity index (χ1) is 13.3. The smallest absolute Gasteiger partial charge is 0.253 e. The fourth-order valence-electron chi connectivity index (χ4n) is 3.45. The van der Waals surface area contributed by atoms with E-state index in [1.165, 1.54) is 9.87 Å². The zero-order valence-electron chi connectivity index (χ0n) is 16.8. The molecule has 1 saturated heterocycles. The maximum Gasteiger partial charge on any atom is 0.253 e. The Bertz CT molecular complexity index is 937. The summed E-state index contributed by atoms with van der Waals surface area (Å²) in [6.45, 7) is 5.28. The average Bonchev–Trinajstić information content (AvgIpc) is 2.67. The summed E-state index contributed by atoms with van der Waals surface area (Å²) in [6, 6.07) is 15.2. The molecule has 1 aliphatic heterocycles. The predicted molar refractivity (Wildman–Crippen MR) is 113 cm³/mol. The van der Waals surface area contributed by atoms with E-state index in [1.54, 1.807) is 36.2 Å². The largest absolute Gasteiger partial charge is 0.337 e. The molecule has 0 radical (unpaired) electrons. The van der Waals surface area contributed by atoms with Crippen LogP contribution in [0.5, 0.6) is 0 Å². The van der Waals surface area contributed by atoms with Crippen molar-refractivity contribution in [3.05, 3.63) is 65.2 Å². The summed E-state index contributed by atoms with van der Waals surface area (Å²) < 4.78 is 26.1. The molecule has 2 aromatic rings. The van der Waals surface area contributed by atoms with Crippen LogP contribution < -0.4 is 4.31 Å². The zero-order valence-corrected chi connectivity index (χ0v) is 17.6. The molecule has 1 fully saturated rings. The number of nitrogens with zero attached hydrogens (tertiary/aromatic N) is 2. The minimum absolute atomic E-state index is 0.121. The van der Waals surface area contributed by atoms with Crippen LogP contribution in [-0.2, 0) is 16.6 Å². The first-order valence-corrected chi connectivity index (χ1v) is 11.3. The number of hydrogen-bond donors (Lipinski definition) is 0. The number of anilines is 1. The Morgan fingerprint density at radius 2 is 1.82 bits per heavy atom. The van der Waals surface area contributed by atoms with Crippen LogP contribution in [0.2, 0.25) is 0 Å². The summed E-state index contributed by atoms with van der Waals surface area (Å²) in [5.41, 5.74) is 3.41. The molecule has 0 unspecified atom stereocenters. The predicted octanol–water partition coefficient (Wildman–Crippen LogP) is 4.01. The number of rotatable bonds is 5. The van der Waals surface area contributed by atoms with E-state index in [2.05, 4.69) is 38.1 Å². The average molecular weight is 401 g/mol. The third-order valence-electron chi connectivity index (χ3n) is 5.14. The molecule has 0 N–H and O–H groups in total. The van der Waals surface area contributed by atoms with Gasteiger partial charge in [0.1, 0.15) is 0 Å². The summed E-state index contributed by atoms with van der Waals surface area (Å²) in [5.74, 6) is 0.517. The highest BCUT2D eigenvalue weighted by Gasteiger charge is 2.26. The lowest BCUT2D eigenvalue weighted by atomic mass is 10.0. The van der Waals surface area contributed by atoms with E-state index >= 15 is 0 Å². The second kappa shape index (κ2) is 8.35. The molecule has 5 nitrogen and oxygen atoms in total. The summed E-state index contributed by atoms with van der Waals surface area (Å²) in [6.07, 6.45) is 1.53.